The molecule has 2 N–H and O–H groups in total. The van der Waals surface area contributed by atoms with Crippen LogP contribution in [0.5, 0.6) is 0 Å². The first-order valence-corrected chi connectivity index (χ1v) is 10.2. The van der Waals surface area contributed by atoms with Crippen molar-refractivity contribution >= 4 is 0 Å². The van der Waals surface area contributed by atoms with Crippen molar-refractivity contribution in [3.8, 4) is 0 Å². The molecule has 26 heavy (non-hydrogen) atoms. The Balaban J connectivity index is 0. The number of hydrogen-bond acceptors (Lipinski definition) is 6. The summed E-state index contributed by atoms with van der Waals surface area (Å²) in [6, 6.07) is 0. The largest absolute Gasteiger partial charge is 0.394 e. The summed E-state index contributed by atoms with van der Waals surface area (Å²) in [5, 5.41) is 16.2. The highest BCUT2D eigenvalue weighted by molar-refractivity contribution is 4.77. The molecule has 0 amide bonds. The van der Waals surface area contributed by atoms with Gasteiger partial charge < -0.3 is 29.2 Å². The molecule has 0 bridgehead atoms. The fraction of sp³-hybridized carbons (Fsp3) is 1.00. The predicted molar refractivity (Wildman–Crippen MR) is 106 cm³/mol. The molecule has 0 spiro atoms. The van der Waals surface area contributed by atoms with Crippen LogP contribution in [-0.4, -0.2) is 75.3 Å². The van der Waals surface area contributed by atoms with E-state index < -0.39 is 0 Å². The minimum atomic E-state index is -0.0986. The van der Waals surface area contributed by atoms with Crippen molar-refractivity contribution in [3.63, 3.8) is 0 Å². The van der Waals surface area contributed by atoms with Gasteiger partial charge in [0.25, 0.3) is 0 Å². The van der Waals surface area contributed by atoms with E-state index in [2.05, 4.69) is 32.4 Å². The fourth-order valence-electron chi connectivity index (χ4n) is 2.09. The molecule has 0 radical (unpaired) electrons. The van der Waals surface area contributed by atoms with Crippen LogP contribution >= 0.6 is 0 Å². The van der Waals surface area contributed by atoms with Gasteiger partial charge in [-0.2, -0.15) is 0 Å². The Labute approximate surface area is 161 Å². The lowest BCUT2D eigenvalue weighted by Gasteiger charge is -2.31. The zero-order valence-corrected chi connectivity index (χ0v) is 17.6. The van der Waals surface area contributed by atoms with Crippen molar-refractivity contribution in [2.75, 3.05) is 59.5 Å². The quantitative estimate of drug-likeness (QED) is 0.356. The average molecular weight is 381 g/mol. The lowest BCUT2D eigenvalue weighted by Crippen LogP contribution is -2.37. The van der Waals surface area contributed by atoms with Gasteiger partial charge in [0, 0.05) is 13.2 Å². The Bertz CT molecular complexity index is 242. The average Bonchev–Trinajstić information content (AvgIpc) is 2.67. The van der Waals surface area contributed by atoms with Crippen LogP contribution in [0.15, 0.2) is 0 Å². The maximum Gasteiger partial charge on any atom is 0.0909 e. The van der Waals surface area contributed by atoms with Crippen molar-refractivity contribution in [2.45, 2.75) is 71.8 Å². The Morgan fingerprint density at radius 2 is 1.12 bits per heavy atom. The highest BCUT2D eigenvalue weighted by Crippen LogP contribution is 2.21. The van der Waals surface area contributed by atoms with E-state index in [0.717, 1.165) is 38.9 Å². The van der Waals surface area contributed by atoms with Crippen LogP contribution < -0.4 is 0 Å². The molecule has 0 fully saturated rings. The van der Waals surface area contributed by atoms with Gasteiger partial charge in [0.15, 0.2) is 0 Å². The number of hydrogen-bond donors (Lipinski definition) is 2. The summed E-state index contributed by atoms with van der Waals surface area (Å²) in [5.74, 6) is 0. The molecule has 0 aliphatic carbocycles. The molecule has 0 aromatic rings. The first kappa shape index (κ1) is 28.0. The molecule has 0 atom stereocenters. The number of aliphatic hydroxyl groups excluding tert-OH is 2. The molecule has 0 saturated carbocycles. The van der Waals surface area contributed by atoms with Gasteiger partial charge in [0.2, 0.25) is 0 Å². The van der Waals surface area contributed by atoms with E-state index in [1.54, 1.807) is 0 Å². The second-order valence-electron chi connectivity index (χ2n) is 6.17. The van der Waals surface area contributed by atoms with Gasteiger partial charge in [-0.1, -0.05) is 40.5 Å². The van der Waals surface area contributed by atoms with Crippen molar-refractivity contribution < 1.29 is 29.2 Å². The van der Waals surface area contributed by atoms with E-state index in [1.165, 1.54) is 12.8 Å². The van der Waals surface area contributed by atoms with E-state index in [9.17, 15) is 0 Å². The van der Waals surface area contributed by atoms with E-state index >= 15 is 0 Å². The molecule has 0 heterocycles. The summed E-state index contributed by atoms with van der Waals surface area (Å²) < 4.78 is 21.9. The molecule has 6 heteroatoms. The molecular formula is C20H44O6. The van der Waals surface area contributed by atoms with Crippen LogP contribution in [-0.2, 0) is 18.9 Å². The summed E-state index contributed by atoms with van der Waals surface area (Å²) >= 11 is 0. The highest BCUT2D eigenvalue weighted by atomic mass is 16.6. The third kappa shape index (κ3) is 18.5. The molecule has 0 aliphatic rings. The number of rotatable bonds is 18. The second-order valence-corrected chi connectivity index (χ2v) is 6.17. The molecular weight excluding hydrogens is 336 g/mol. The molecule has 6 nitrogen and oxygen atoms in total. The van der Waals surface area contributed by atoms with Crippen LogP contribution in [0.1, 0.15) is 66.2 Å². The molecule has 0 aromatic carbocycles. The van der Waals surface area contributed by atoms with Crippen LogP contribution in [0.2, 0.25) is 0 Å². The van der Waals surface area contributed by atoms with Crippen LogP contribution in [0.3, 0.4) is 0 Å². The van der Waals surface area contributed by atoms with E-state index in [-0.39, 0.29) is 18.8 Å². The molecule has 0 aliphatic heterocycles. The third-order valence-corrected chi connectivity index (χ3v) is 4.05. The zero-order chi connectivity index (χ0) is 19.9. The molecule has 0 rings (SSSR count). The minimum Gasteiger partial charge on any atom is -0.394 e. The minimum absolute atomic E-state index is 0.0278. The smallest absolute Gasteiger partial charge is 0.0909 e. The molecule has 160 valence electrons. The lowest BCUT2D eigenvalue weighted by atomic mass is 9.98. The van der Waals surface area contributed by atoms with Gasteiger partial charge in [0.1, 0.15) is 0 Å². The van der Waals surface area contributed by atoms with Crippen LogP contribution in [0.25, 0.3) is 0 Å². The Morgan fingerprint density at radius 3 is 1.62 bits per heavy atom. The first-order chi connectivity index (χ1) is 12.7. The summed E-state index contributed by atoms with van der Waals surface area (Å²) in [6.07, 6.45) is 6.63. The van der Waals surface area contributed by atoms with Crippen molar-refractivity contribution in [1.29, 1.82) is 0 Å². The van der Waals surface area contributed by atoms with Gasteiger partial charge in [0.05, 0.1) is 51.8 Å². The maximum atomic E-state index is 8.09. The highest BCUT2D eigenvalue weighted by Gasteiger charge is 2.27. The van der Waals surface area contributed by atoms with Gasteiger partial charge in [-0.25, -0.2) is 0 Å². The molecule has 0 unspecified atom stereocenters. The first-order valence-electron chi connectivity index (χ1n) is 10.2. The van der Waals surface area contributed by atoms with Gasteiger partial charge in [-0.05, 0) is 25.7 Å². The standard InChI is InChI=1S/C16H34O3.C4H10O3/c1-5-9-11-17-13-14-18-15-16(7-3,8-4)19-12-10-6-2;5-1-3-7-4-2-6/h5-15H2,1-4H3;5-6H,1-4H2. The summed E-state index contributed by atoms with van der Waals surface area (Å²) in [6.45, 7) is 13.1. The van der Waals surface area contributed by atoms with Crippen molar-refractivity contribution in [3.05, 3.63) is 0 Å². The van der Waals surface area contributed by atoms with Crippen LogP contribution in [0, 0.1) is 0 Å². The van der Waals surface area contributed by atoms with Gasteiger partial charge in [-0.15, -0.1) is 0 Å². The number of aliphatic hydroxyl groups is 2. The van der Waals surface area contributed by atoms with Crippen molar-refractivity contribution in [1.82, 2.24) is 0 Å². The predicted octanol–water partition coefficient (Wildman–Crippen LogP) is 3.18. The lowest BCUT2D eigenvalue weighted by molar-refractivity contribution is -0.108. The van der Waals surface area contributed by atoms with E-state index in [1.807, 2.05) is 0 Å². The Kier molecular flexibility index (Phi) is 24.5. The normalized spacial score (nSPS) is 11.3. The molecule has 0 aromatic heterocycles. The third-order valence-electron chi connectivity index (χ3n) is 4.05. The maximum absolute atomic E-state index is 8.09. The Morgan fingerprint density at radius 1 is 0.615 bits per heavy atom. The van der Waals surface area contributed by atoms with E-state index in [0.29, 0.717) is 33.0 Å². The fourth-order valence-corrected chi connectivity index (χ4v) is 2.09. The SMILES string of the molecule is CCCCOCCOCC(CC)(CC)OCCCC.OCCOCCO. The van der Waals surface area contributed by atoms with Crippen LogP contribution in [0.4, 0.5) is 0 Å². The van der Waals surface area contributed by atoms with Crippen molar-refractivity contribution in [2.24, 2.45) is 0 Å². The number of ether oxygens (including phenoxy) is 4. The topological polar surface area (TPSA) is 77.4 Å². The summed E-state index contributed by atoms with van der Waals surface area (Å²) in [5.41, 5.74) is -0.0986. The monoisotopic (exact) mass is 380 g/mol. The van der Waals surface area contributed by atoms with E-state index in [4.69, 9.17) is 24.4 Å². The van der Waals surface area contributed by atoms with Gasteiger partial charge in [-0.3, -0.25) is 0 Å². The number of unbranched alkanes of at least 4 members (excludes halogenated alkanes) is 2. The van der Waals surface area contributed by atoms with Gasteiger partial charge >= 0.3 is 0 Å². The summed E-state index contributed by atoms with van der Waals surface area (Å²) in [4.78, 5) is 0. The second kappa shape index (κ2) is 22.8. The summed E-state index contributed by atoms with van der Waals surface area (Å²) in [7, 11) is 0. The Hall–Kier alpha value is -0.240. The molecule has 0 saturated heterocycles. The zero-order valence-electron chi connectivity index (χ0n) is 17.6.